The topological polar surface area (TPSA) is 44.2 Å². The quantitative estimate of drug-likeness (QED) is 0.797. The second-order valence-electron chi connectivity index (χ2n) is 4.39. The first-order valence-electron chi connectivity index (χ1n) is 5.73. The fraction of sp³-hybridized carbons (Fsp3) is 0.385. The van der Waals surface area contributed by atoms with Crippen LogP contribution in [0.25, 0.3) is 10.9 Å². The lowest BCUT2D eigenvalue weighted by Crippen LogP contribution is -2.05. The summed E-state index contributed by atoms with van der Waals surface area (Å²) in [6.45, 7) is 4.81. The lowest BCUT2D eigenvalue weighted by Gasteiger charge is -2.13. The maximum atomic E-state index is 6.02. The van der Waals surface area contributed by atoms with Gasteiger partial charge in [0.2, 0.25) is 0 Å². The van der Waals surface area contributed by atoms with Gasteiger partial charge in [-0.05, 0) is 12.0 Å². The molecule has 0 saturated heterocycles. The average Bonchev–Trinajstić information content (AvgIpc) is 2.35. The fourth-order valence-electron chi connectivity index (χ4n) is 1.56. The number of nitrogens with zero attached hydrogens (tertiary/aromatic N) is 2. The number of hydrogen-bond acceptors (Lipinski definition) is 4. The molecule has 0 bridgehead atoms. The Labute approximate surface area is 111 Å². The first-order valence-corrected chi connectivity index (χ1v) is 6.10. The zero-order chi connectivity index (χ0) is 13.1. The third-order valence-corrected chi connectivity index (χ3v) is 2.75. The molecule has 0 spiro atoms. The van der Waals surface area contributed by atoms with E-state index in [1.807, 2.05) is 6.07 Å². The van der Waals surface area contributed by atoms with E-state index in [-0.39, 0.29) is 0 Å². The minimum absolute atomic E-state index is 0.411. The van der Waals surface area contributed by atoms with Gasteiger partial charge in [-0.1, -0.05) is 25.4 Å². The second kappa shape index (κ2) is 5.40. The summed E-state index contributed by atoms with van der Waals surface area (Å²) in [6.07, 6.45) is 1.43. The van der Waals surface area contributed by atoms with Crippen LogP contribution in [0.3, 0.4) is 0 Å². The Balaban J connectivity index is 2.46. The number of benzene rings is 1. The van der Waals surface area contributed by atoms with Gasteiger partial charge in [0.15, 0.2) is 11.5 Å². The summed E-state index contributed by atoms with van der Waals surface area (Å²) in [5.41, 5.74) is 0.745. The third kappa shape index (κ3) is 2.64. The van der Waals surface area contributed by atoms with E-state index in [0.717, 1.165) is 10.9 Å². The normalized spacial score (nSPS) is 10.9. The van der Waals surface area contributed by atoms with Gasteiger partial charge in [-0.15, -0.1) is 0 Å². The van der Waals surface area contributed by atoms with Crippen LogP contribution in [0.2, 0.25) is 5.15 Å². The van der Waals surface area contributed by atoms with Crippen LogP contribution in [0.1, 0.15) is 13.8 Å². The summed E-state index contributed by atoms with van der Waals surface area (Å²) in [4.78, 5) is 8.12. The van der Waals surface area contributed by atoms with Crippen molar-refractivity contribution < 1.29 is 9.47 Å². The molecule has 0 saturated carbocycles. The van der Waals surface area contributed by atoms with Gasteiger partial charge in [0, 0.05) is 11.5 Å². The predicted octanol–water partition coefficient (Wildman–Crippen LogP) is 3.33. The Morgan fingerprint density at radius 3 is 2.67 bits per heavy atom. The Morgan fingerprint density at radius 1 is 1.22 bits per heavy atom. The van der Waals surface area contributed by atoms with Crippen LogP contribution in [-0.2, 0) is 0 Å². The Kier molecular flexibility index (Phi) is 3.87. The summed E-state index contributed by atoms with van der Waals surface area (Å²) in [5.74, 6) is 1.76. The molecule has 0 amide bonds. The van der Waals surface area contributed by atoms with Crippen LogP contribution in [0.15, 0.2) is 18.5 Å². The highest BCUT2D eigenvalue weighted by Crippen LogP contribution is 2.33. The summed E-state index contributed by atoms with van der Waals surface area (Å²) < 4.78 is 11.0. The molecule has 0 fully saturated rings. The van der Waals surface area contributed by atoms with Crippen LogP contribution < -0.4 is 9.47 Å². The van der Waals surface area contributed by atoms with E-state index in [4.69, 9.17) is 21.1 Å². The predicted molar refractivity (Wildman–Crippen MR) is 71.4 cm³/mol. The van der Waals surface area contributed by atoms with Crippen molar-refractivity contribution in [3.63, 3.8) is 0 Å². The van der Waals surface area contributed by atoms with E-state index in [2.05, 4.69) is 23.8 Å². The van der Waals surface area contributed by atoms with Crippen molar-refractivity contribution in [3.8, 4) is 11.5 Å². The van der Waals surface area contributed by atoms with Gasteiger partial charge in [0.05, 0.1) is 19.2 Å². The van der Waals surface area contributed by atoms with Gasteiger partial charge in [-0.2, -0.15) is 0 Å². The molecule has 4 nitrogen and oxygen atoms in total. The van der Waals surface area contributed by atoms with Crippen molar-refractivity contribution in [2.24, 2.45) is 5.92 Å². The summed E-state index contributed by atoms with van der Waals surface area (Å²) in [7, 11) is 1.60. The monoisotopic (exact) mass is 266 g/mol. The van der Waals surface area contributed by atoms with Crippen molar-refractivity contribution in [1.82, 2.24) is 9.97 Å². The zero-order valence-corrected chi connectivity index (χ0v) is 11.4. The largest absolute Gasteiger partial charge is 0.493 e. The number of fused-ring (bicyclic) bond motifs is 1. The molecule has 96 valence electrons. The fourth-order valence-corrected chi connectivity index (χ4v) is 1.76. The lowest BCUT2D eigenvalue weighted by molar-refractivity contribution is 0.257. The molecule has 2 rings (SSSR count). The minimum Gasteiger partial charge on any atom is -0.493 e. The number of methoxy groups -OCH3 is 1. The van der Waals surface area contributed by atoms with E-state index in [1.54, 1.807) is 13.2 Å². The molecule has 0 radical (unpaired) electrons. The summed E-state index contributed by atoms with van der Waals surface area (Å²) >= 11 is 6.02. The van der Waals surface area contributed by atoms with Gasteiger partial charge in [-0.25, -0.2) is 9.97 Å². The molecule has 0 N–H and O–H groups in total. The number of halogens is 1. The molecular weight excluding hydrogens is 252 g/mol. The molecule has 1 heterocycles. The van der Waals surface area contributed by atoms with Crippen LogP contribution >= 0.6 is 11.6 Å². The van der Waals surface area contributed by atoms with Gasteiger partial charge >= 0.3 is 0 Å². The highest BCUT2D eigenvalue weighted by Gasteiger charge is 2.10. The Bertz CT molecular complexity index is 558. The molecular formula is C13H15ClN2O2. The van der Waals surface area contributed by atoms with E-state index in [0.29, 0.717) is 29.2 Å². The maximum Gasteiger partial charge on any atom is 0.163 e. The first-order chi connectivity index (χ1) is 8.61. The molecule has 0 aliphatic heterocycles. The first kappa shape index (κ1) is 12.9. The second-order valence-corrected chi connectivity index (χ2v) is 4.75. The van der Waals surface area contributed by atoms with Gasteiger partial charge in [0.1, 0.15) is 11.5 Å². The zero-order valence-electron chi connectivity index (χ0n) is 10.6. The van der Waals surface area contributed by atoms with E-state index < -0.39 is 0 Å². The number of rotatable bonds is 4. The SMILES string of the molecule is COc1cc2c(Cl)ncnc2cc1OCC(C)C. The van der Waals surface area contributed by atoms with Crippen molar-refractivity contribution >= 4 is 22.5 Å². The average molecular weight is 267 g/mol. The van der Waals surface area contributed by atoms with E-state index in [1.165, 1.54) is 6.33 Å². The molecule has 5 heteroatoms. The molecule has 0 atom stereocenters. The molecule has 2 aromatic rings. The smallest absolute Gasteiger partial charge is 0.163 e. The van der Waals surface area contributed by atoms with Crippen molar-refractivity contribution in [2.45, 2.75) is 13.8 Å². The molecule has 1 aromatic heterocycles. The van der Waals surface area contributed by atoms with E-state index >= 15 is 0 Å². The molecule has 18 heavy (non-hydrogen) atoms. The van der Waals surface area contributed by atoms with Crippen molar-refractivity contribution in [2.75, 3.05) is 13.7 Å². The Hall–Kier alpha value is -1.55. The third-order valence-electron chi connectivity index (χ3n) is 2.44. The Morgan fingerprint density at radius 2 is 2.00 bits per heavy atom. The van der Waals surface area contributed by atoms with Crippen LogP contribution in [0.5, 0.6) is 11.5 Å². The number of aromatic nitrogens is 2. The van der Waals surface area contributed by atoms with Crippen LogP contribution in [0.4, 0.5) is 0 Å². The molecule has 0 unspecified atom stereocenters. The van der Waals surface area contributed by atoms with Gasteiger partial charge in [-0.3, -0.25) is 0 Å². The van der Waals surface area contributed by atoms with E-state index in [9.17, 15) is 0 Å². The van der Waals surface area contributed by atoms with Crippen LogP contribution in [-0.4, -0.2) is 23.7 Å². The highest BCUT2D eigenvalue weighted by molar-refractivity contribution is 6.34. The summed E-state index contributed by atoms with van der Waals surface area (Å²) in [5, 5.41) is 1.17. The van der Waals surface area contributed by atoms with Crippen molar-refractivity contribution in [1.29, 1.82) is 0 Å². The summed E-state index contributed by atoms with van der Waals surface area (Å²) in [6, 6.07) is 3.62. The highest BCUT2D eigenvalue weighted by atomic mass is 35.5. The standard InChI is InChI=1S/C13H15ClN2O2/c1-8(2)6-18-12-5-10-9(4-11(12)17-3)13(14)16-7-15-10/h4-5,7-8H,6H2,1-3H3. The van der Waals surface area contributed by atoms with Gasteiger partial charge in [0.25, 0.3) is 0 Å². The molecule has 1 aromatic carbocycles. The molecule has 0 aliphatic rings. The lowest BCUT2D eigenvalue weighted by atomic mass is 10.2. The number of hydrogen-bond donors (Lipinski definition) is 0. The van der Waals surface area contributed by atoms with Crippen molar-refractivity contribution in [3.05, 3.63) is 23.6 Å². The number of ether oxygens (including phenoxy) is 2. The minimum atomic E-state index is 0.411. The molecule has 0 aliphatic carbocycles. The maximum absolute atomic E-state index is 6.02. The van der Waals surface area contributed by atoms with Crippen LogP contribution in [0, 0.1) is 5.92 Å². The van der Waals surface area contributed by atoms with Gasteiger partial charge < -0.3 is 9.47 Å².